The minimum Gasteiger partial charge on any atom is -0.352 e. The number of nitrogens with zero attached hydrogens (tertiary/aromatic N) is 3. The Balaban J connectivity index is 1.56. The molecular weight excluding hydrogens is 380 g/mol. The molecule has 1 fully saturated rings. The SMILES string of the molecule is CC(Sc1nnc(Cc2ccccc2)n1-c1ccccc1)C(=O)NC1CCCC1. The minimum atomic E-state index is -0.230. The van der Waals surface area contributed by atoms with Crippen LogP contribution in [0, 0.1) is 0 Å². The van der Waals surface area contributed by atoms with Crippen molar-refractivity contribution in [2.75, 3.05) is 0 Å². The summed E-state index contributed by atoms with van der Waals surface area (Å²) in [6.45, 7) is 1.94. The van der Waals surface area contributed by atoms with Gasteiger partial charge in [-0.15, -0.1) is 10.2 Å². The molecule has 0 bridgehead atoms. The van der Waals surface area contributed by atoms with Gasteiger partial charge in [-0.25, -0.2) is 0 Å². The van der Waals surface area contributed by atoms with Crippen LogP contribution in [0.1, 0.15) is 44.0 Å². The number of nitrogens with one attached hydrogen (secondary N) is 1. The molecule has 3 aromatic rings. The number of para-hydroxylation sites is 1. The van der Waals surface area contributed by atoms with Gasteiger partial charge in [-0.3, -0.25) is 9.36 Å². The molecule has 1 aliphatic carbocycles. The zero-order valence-electron chi connectivity index (χ0n) is 16.6. The number of amides is 1. The third-order valence-electron chi connectivity index (χ3n) is 5.27. The van der Waals surface area contributed by atoms with Crippen molar-refractivity contribution >= 4 is 17.7 Å². The van der Waals surface area contributed by atoms with Gasteiger partial charge in [0.1, 0.15) is 5.82 Å². The molecule has 1 unspecified atom stereocenters. The second-order valence-electron chi connectivity index (χ2n) is 7.48. The molecule has 6 heteroatoms. The summed E-state index contributed by atoms with van der Waals surface area (Å²) >= 11 is 1.47. The topological polar surface area (TPSA) is 59.8 Å². The maximum Gasteiger partial charge on any atom is 0.233 e. The molecule has 1 aliphatic rings. The average Bonchev–Trinajstić information content (AvgIpc) is 3.39. The second-order valence-corrected chi connectivity index (χ2v) is 8.79. The Kier molecular flexibility index (Phi) is 6.30. The van der Waals surface area contributed by atoms with Crippen LogP contribution in [0.3, 0.4) is 0 Å². The largest absolute Gasteiger partial charge is 0.352 e. The summed E-state index contributed by atoms with van der Waals surface area (Å²) in [5.74, 6) is 0.947. The number of thioether (sulfide) groups is 1. The quantitative estimate of drug-likeness (QED) is 0.591. The van der Waals surface area contributed by atoms with Crippen molar-refractivity contribution < 1.29 is 4.79 Å². The number of benzene rings is 2. The lowest BCUT2D eigenvalue weighted by Crippen LogP contribution is -2.37. The fourth-order valence-corrected chi connectivity index (χ4v) is 4.60. The summed E-state index contributed by atoms with van der Waals surface area (Å²) in [6, 6.07) is 20.7. The number of hydrogen-bond acceptors (Lipinski definition) is 4. The van der Waals surface area contributed by atoms with Gasteiger partial charge in [0.05, 0.1) is 5.25 Å². The Morgan fingerprint density at radius 1 is 1.07 bits per heavy atom. The second kappa shape index (κ2) is 9.27. The zero-order valence-corrected chi connectivity index (χ0v) is 17.4. The van der Waals surface area contributed by atoms with Crippen LogP contribution in [0.5, 0.6) is 0 Å². The van der Waals surface area contributed by atoms with Crippen LogP contribution in [0.25, 0.3) is 5.69 Å². The lowest BCUT2D eigenvalue weighted by molar-refractivity contribution is -0.120. The smallest absolute Gasteiger partial charge is 0.233 e. The first kappa shape index (κ1) is 19.7. The number of carbonyl (C=O) groups excluding carboxylic acids is 1. The van der Waals surface area contributed by atoms with Crippen LogP contribution in [0.15, 0.2) is 65.8 Å². The zero-order chi connectivity index (χ0) is 20.1. The Morgan fingerprint density at radius 2 is 1.72 bits per heavy atom. The van der Waals surface area contributed by atoms with E-state index in [1.807, 2.05) is 55.5 Å². The highest BCUT2D eigenvalue weighted by Crippen LogP contribution is 2.27. The van der Waals surface area contributed by atoms with Crippen molar-refractivity contribution in [2.45, 2.75) is 55.5 Å². The van der Waals surface area contributed by atoms with E-state index in [1.165, 1.54) is 30.2 Å². The van der Waals surface area contributed by atoms with Gasteiger partial charge in [0, 0.05) is 18.2 Å². The van der Waals surface area contributed by atoms with E-state index in [9.17, 15) is 4.79 Å². The summed E-state index contributed by atoms with van der Waals surface area (Å²) in [4.78, 5) is 12.7. The van der Waals surface area contributed by atoms with Gasteiger partial charge in [-0.2, -0.15) is 0 Å². The molecule has 29 heavy (non-hydrogen) atoms. The maximum atomic E-state index is 12.7. The van der Waals surface area contributed by atoms with Crippen molar-refractivity contribution in [3.8, 4) is 5.69 Å². The summed E-state index contributed by atoms with van der Waals surface area (Å²) in [5, 5.41) is 12.6. The number of aromatic nitrogens is 3. The average molecular weight is 407 g/mol. The lowest BCUT2D eigenvalue weighted by Gasteiger charge is -2.17. The molecule has 0 saturated heterocycles. The number of rotatable bonds is 7. The van der Waals surface area contributed by atoms with E-state index in [0.29, 0.717) is 12.5 Å². The van der Waals surface area contributed by atoms with E-state index in [2.05, 4.69) is 32.2 Å². The highest BCUT2D eigenvalue weighted by molar-refractivity contribution is 8.00. The van der Waals surface area contributed by atoms with Gasteiger partial charge in [-0.05, 0) is 37.5 Å². The monoisotopic (exact) mass is 406 g/mol. The van der Waals surface area contributed by atoms with Crippen LogP contribution in [-0.2, 0) is 11.2 Å². The third kappa shape index (κ3) is 4.88. The molecule has 5 nitrogen and oxygen atoms in total. The molecule has 1 atom stereocenters. The van der Waals surface area contributed by atoms with Crippen LogP contribution < -0.4 is 5.32 Å². The summed E-state index contributed by atoms with van der Waals surface area (Å²) in [7, 11) is 0. The van der Waals surface area contributed by atoms with Gasteiger partial charge >= 0.3 is 0 Å². The first-order valence-corrected chi connectivity index (χ1v) is 11.1. The molecule has 1 heterocycles. The summed E-state index contributed by atoms with van der Waals surface area (Å²) < 4.78 is 2.07. The van der Waals surface area contributed by atoms with E-state index in [1.54, 1.807) is 0 Å². The van der Waals surface area contributed by atoms with Crippen LogP contribution >= 0.6 is 11.8 Å². The Hall–Kier alpha value is -2.60. The summed E-state index contributed by atoms with van der Waals surface area (Å²) in [6.07, 6.45) is 5.27. The van der Waals surface area contributed by atoms with Crippen LogP contribution in [0.4, 0.5) is 0 Å². The molecule has 0 spiro atoms. The van der Waals surface area contributed by atoms with E-state index >= 15 is 0 Å². The number of hydrogen-bond donors (Lipinski definition) is 1. The highest BCUT2D eigenvalue weighted by atomic mass is 32.2. The first-order chi connectivity index (χ1) is 14.2. The van der Waals surface area contributed by atoms with E-state index in [-0.39, 0.29) is 11.2 Å². The molecule has 0 radical (unpaired) electrons. The highest BCUT2D eigenvalue weighted by Gasteiger charge is 2.24. The normalized spacial score (nSPS) is 15.3. The standard InChI is InChI=1S/C23H26N4OS/c1-17(22(28)24-19-12-8-9-13-19)29-23-26-25-21(16-18-10-4-2-5-11-18)27(23)20-14-6-3-7-15-20/h2-7,10-11,14-15,17,19H,8-9,12-13,16H2,1H3,(H,24,28). The molecule has 150 valence electrons. The first-order valence-electron chi connectivity index (χ1n) is 10.2. The van der Waals surface area contributed by atoms with E-state index in [0.717, 1.165) is 29.5 Å². The molecule has 1 aromatic heterocycles. The molecule has 1 saturated carbocycles. The van der Waals surface area contributed by atoms with Gasteiger partial charge in [-0.1, -0.05) is 73.1 Å². The number of carbonyl (C=O) groups is 1. The van der Waals surface area contributed by atoms with E-state index in [4.69, 9.17) is 0 Å². The predicted molar refractivity (Wildman–Crippen MR) is 116 cm³/mol. The van der Waals surface area contributed by atoms with Gasteiger partial charge in [0.15, 0.2) is 5.16 Å². The Morgan fingerprint density at radius 3 is 2.41 bits per heavy atom. The van der Waals surface area contributed by atoms with Crippen LogP contribution in [0.2, 0.25) is 0 Å². The maximum absolute atomic E-state index is 12.7. The fourth-order valence-electron chi connectivity index (χ4n) is 3.71. The van der Waals surface area contributed by atoms with Crippen LogP contribution in [-0.4, -0.2) is 32.0 Å². The molecule has 2 aromatic carbocycles. The molecule has 0 aliphatic heterocycles. The van der Waals surface area contributed by atoms with Crippen molar-refractivity contribution in [2.24, 2.45) is 0 Å². The minimum absolute atomic E-state index is 0.0779. The Labute approximate surface area is 175 Å². The molecule has 1 N–H and O–H groups in total. The van der Waals surface area contributed by atoms with Crippen molar-refractivity contribution in [1.82, 2.24) is 20.1 Å². The lowest BCUT2D eigenvalue weighted by atomic mass is 10.1. The van der Waals surface area contributed by atoms with Crippen molar-refractivity contribution in [3.63, 3.8) is 0 Å². The predicted octanol–water partition coefficient (Wildman–Crippen LogP) is 4.40. The van der Waals surface area contributed by atoms with Crippen molar-refractivity contribution in [1.29, 1.82) is 0 Å². The van der Waals surface area contributed by atoms with Gasteiger partial charge < -0.3 is 5.32 Å². The van der Waals surface area contributed by atoms with Gasteiger partial charge in [0.2, 0.25) is 5.91 Å². The Bertz CT molecular complexity index is 936. The van der Waals surface area contributed by atoms with Crippen molar-refractivity contribution in [3.05, 3.63) is 72.1 Å². The van der Waals surface area contributed by atoms with E-state index < -0.39 is 0 Å². The summed E-state index contributed by atoms with van der Waals surface area (Å²) in [5.41, 5.74) is 2.19. The molecular formula is C23H26N4OS. The fraction of sp³-hybridized carbons (Fsp3) is 0.348. The third-order valence-corrected chi connectivity index (χ3v) is 6.32. The molecule has 1 amide bonds. The molecule has 4 rings (SSSR count). The van der Waals surface area contributed by atoms with Gasteiger partial charge in [0.25, 0.3) is 0 Å².